The van der Waals surface area contributed by atoms with E-state index in [4.69, 9.17) is 9.84 Å². The van der Waals surface area contributed by atoms with Gasteiger partial charge in [0.1, 0.15) is 11.4 Å². The number of aromatic nitrogens is 1. The number of aromatic carboxylic acids is 1. The minimum Gasteiger partial charge on any atom is -0.497 e. The third-order valence-electron chi connectivity index (χ3n) is 3.30. The zero-order chi connectivity index (χ0) is 13.8. The molecule has 2 aromatic rings. The summed E-state index contributed by atoms with van der Waals surface area (Å²) in [6.45, 7) is 1.84. The fourth-order valence-electron chi connectivity index (χ4n) is 2.09. The highest BCUT2D eigenvalue weighted by atomic mass is 16.5. The second-order valence-corrected chi connectivity index (χ2v) is 4.47. The number of carbonyl (C=O) groups is 1. The summed E-state index contributed by atoms with van der Waals surface area (Å²) in [4.78, 5) is 13.7. The van der Waals surface area contributed by atoms with E-state index in [-0.39, 0.29) is 5.69 Å². The van der Waals surface area contributed by atoms with Crippen LogP contribution in [0, 0.1) is 6.92 Å². The average molecular weight is 259 g/mol. The van der Waals surface area contributed by atoms with Crippen molar-refractivity contribution in [2.45, 2.75) is 19.8 Å². The highest BCUT2D eigenvalue weighted by Crippen LogP contribution is 2.17. The summed E-state index contributed by atoms with van der Waals surface area (Å²) in [5, 5.41) is 8.98. The number of carboxylic acid groups (broad SMARTS) is 1. The van der Waals surface area contributed by atoms with Gasteiger partial charge in [0, 0.05) is 6.20 Å². The van der Waals surface area contributed by atoms with Crippen molar-refractivity contribution in [2.75, 3.05) is 7.11 Å². The molecule has 0 saturated heterocycles. The number of aromatic amines is 1. The minimum atomic E-state index is -0.909. The number of hydrogen-bond acceptors (Lipinski definition) is 2. The fraction of sp³-hybridized carbons (Fsp3) is 0.267. The number of methoxy groups -OCH3 is 1. The minimum absolute atomic E-state index is 0.282. The highest BCUT2D eigenvalue weighted by Gasteiger charge is 2.12. The van der Waals surface area contributed by atoms with Crippen LogP contribution >= 0.6 is 0 Å². The molecule has 2 rings (SSSR count). The number of rotatable bonds is 5. The summed E-state index contributed by atoms with van der Waals surface area (Å²) >= 11 is 0. The van der Waals surface area contributed by atoms with Crippen molar-refractivity contribution < 1.29 is 14.6 Å². The molecule has 0 atom stereocenters. The van der Waals surface area contributed by atoms with Crippen LogP contribution in [0.25, 0.3) is 0 Å². The smallest absolute Gasteiger partial charge is 0.352 e. The lowest BCUT2D eigenvalue weighted by Gasteiger charge is -2.03. The lowest BCUT2D eigenvalue weighted by atomic mass is 10.0. The maximum absolute atomic E-state index is 10.9. The Morgan fingerprint density at radius 3 is 2.47 bits per heavy atom. The summed E-state index contributed by atoms with van der Waals surface area (Å²) < 4.78 is 5.11. The summed E-state index contributed by atoms with van der Waals surface area (Å²) in [7, 11) is 1.64. The molecule has 1 aromatic carbocycles. The number of nitrogens with one attached hydrogen (secondary N) is 1. The maximum atomic E-state index is 10.9. The quantitative estimate of drug-likeness (QED) is 0.868. The van der Waals surface area contributed by atoms with E-state index in [1.807, 2.05) is 31.2 Å². The zero-order valence-corrected chi connectivity index (χ0v) is 11.1. The summed E-state index contributed by atoms with van der Waals surface area (Å²) in [6.07, 6.45) is 3.48. The van der Waals surface area contributed by atoms with Crippen molar-refractivity contribution >= 4 is 5.97 Å². The molecule has 0 aliphatic carbocycles. The molecule has 0 amide bonds. The molecular weight excluding hydrogens is 242 g/mol. The van der Waals surface area contributed by atoms with E-state index in [1.165, 1.54) is 5.56 Å². The number of H-pyrrole nitrogens is 1. The highest BCUT2D eigenvalue weighted by molar-refractivity contribution is 5.87. The summed E-state index contributed by atoms with van der Waals surface area (Å²) in [5.41, 5.74) is 3.36. The first-order chi connectivity index (χ1) is 9.11. The largest absolute Gasteiger partial charge is 0.497 e. The van der Waals surface area contributed by atoms with Gasteiger partial charge in [0.05, 0.1) is 7.11 Å². The Morgan fingerprint density at radius 2 is 1.95 bits per heavy atom. The first kappa shape index (κ1) is 13.2. The Kier molecular flexibility index (Phi) is 3.90. The van der Waals surface area contributed by atoms with Crippen LogP contribution in [0.2, 0.25) is 0 Å². The van der Waals surface area contributed by atoms with Gasteiger partial charge in [0.2, 0.25) is 0 Å². The second kappa shape index (κ2) is 5.61. The zero-order valence-electron chi connectivity index (χ0n) is 11.1. The van der Waals surface area contributed by atoms with Crippen LogP contribution in [0.5, 0.6) is 5.75 Å². The molecule has 0 unspecified atom stereocenters. The van der Waals surface area contributed by atoms with Gasteiger partial charge in [-0.1, -0.05) is 12.1 Å². The summed E-state index contributed by atoms with van der Waals surface area (Å²) in [6, 6.07) is 7.92. The van der Waals surface area contributed by atoms with Crippen LogP contribution < -0.4 is 4.74 Å². The van der Waals surface area contributed by atoms with Gasteiger partial charge in [-0.05, 0) is 48.6 Å². The molecule has 0 radical (unpaired) electrons. The molecule has 4 heteroatoms. The van der Waals surface area contributed by atoms with E-state index in [0.29, 0.717) is 0 Å². The normalized spacial score (nSPS) is 10.4. The Labute approximate surface area is 112 Å². The number of aryl methyl sites for hydroxylation is 2. The molecule has 1 heterocycles. The van der Waals surface area contributed by atoms with Crippen molar-refractivity contribution in [3.05, 3.63) is 52.8 Å². The summed E-state index contributed by atoms with van der Waals surface area (Å²) in [5.74, 6) is -0.0667. The topological polar surface area (TPSA) is 62.3 Å². The molecule has 100 valence electrons. The van der Waals surface area contributed by atoms with Crippen LogP contribution in [0.4, 0.5) is 0 Å². The van der Waals surface area contributed by atoms with Crippen molar-refractivity contribution in [3.8, 4) is 5.75 Å². The van der Waals surface area contributed by atoms with Gasteiger partial charge in [-0.3, -0.25) is 0 Å². The molecule has 2 N–H and O–H groups in total. The van der Waals surface area contributed by atoms with Crippen LogP contribution in [-0.4, -0.2) is 23.2 Å². The number of hydrogen-bond donors (Lipinski definition) is 2. The van der Waals surface area contributed by atoms with Gasteiger partial charge in [0.25, 0.3) is 0 Å². The van der Waals surface area contributed by atoms with E-state index in [0.717, 1.165) is 29.7 Å². The van der Waals surface area contributed by atoms with Gasteiger partial charge in [-0.25, -0.2) is 4.79 Å². The first-order valence-electron chi connectivity index (χ1n) is 6.15. The second-order valence-electron chi connectivity index (χ2n) is 4.47. The van der Waals surface area contributed by atoms with Gasteiger partial charge in [-0.2, -0.15) is 0 Å². The lowest BCUT2D eigenvalue weighted by molar-refractivity contribution is 0.0690. The number of carboxylic acids is 1. The van der Waals surface area contributed by atoms with Gasteiger partial charge in [-0.15, -0.1) is 0 Å². The van der Waals surface area contributed by atoms with E-state index in [9.17, 15) is 4.79 Å². The van der Waals surface area contributed by atoms with Gasteiger partial charge < -0.3 is 14.8 Å². The Morgan fingerprint density at radius 1 is 1.26 bits per heavy atom. The Hall–Kier alpha value is -2.23. The van der Waals surface area contributed by atoms with Crippen LogP contribution in [0.3, 0.4) is 0 Å². The first-order valence-corrected chi connectivity index (χ1v) is 6.15. The van der Waals surface area contributed by atoms with Gasteiger partial charge >= 0.3 is 5.97 Å². The van der Waals surface area contributed by atoms with Gasteiger partial charge in [0.15, 0.2) is 0 Å². The molecule has 1 aromatic heterocycles. The molecule has 0 saturated carbocycles. The predicted molar refractivity (Wildman–Crippen MR) is 72.9 cm³/mol. The maximum Gasteiger partial charge on any atom is 0.352 e. The molecule has 0 spiro atoms. The molecule has 0 fully saturated rings. The average Bonchev–Trinajstić information content (AvgIpc) is 2.78. The Balaban J connectivity index is 2.03. The van der Waals surface area contributed by atoms with E-state index in [2.05, 4.69) is 4.98 Å². The van der Waals surface area contributed by atoms with Crippen LogP contribution in [-0.2, 0) is 12.8 Å². The molecule has 0 bridgehead atoms. The van der Waals surface area contributed by atoms with Crippen molar-refractivity contribution in [1.29, 1.82) is 0 Å². The molecule has 19 heavy (non-hydrogen) atoms. The fourth-order valence-corrected chi connectivity index (χ4v) is 2.09. The SMILES string of the molecule is COc1ccc(CCc2c[nH]c(C(=O)O)c2C)cc1. The third kappa shape index (κ3) is 2.96. The number of ether oxygens (including phenoxy) is 1. The third-order valence-corrected chi connectivity index (χ3v) is 3.30. The van der Waals surface area contributed by atoms with E-state index >= 15 is 0 Å². The van der Waals surface area contributed by atoms with Crippen molar-refractivity contribution in [2.24, 2.45) is 0 Å². The lowest BCUT2D eigenvalue weighted by Crippen LogP contribution is -1.99. The van der Waals surface area contributed by atoms with Crippen LogP contribution in [0.15, 0.2) is 30.5 Å². The monoisotopic (exact) mass is 259 g/mol. The van der Waals surface area contributed by atoms with E-state index in [1.54, 1.807) is 13.3 Å². The van der Waals surface area contributed by atoms with Crippen molar-refractivity contribution in [1.82, 2.24) is 4.98 Å². The molecule has 0 aliphatic rings. The number of benzene rings is 1. The van der Waals surface area contributed by atoms with Crippen molar-refractivity contribution in [3.63, 3.8) is 0 Å². The van der Waals surface area contributed by atoms with Crippen LogP contribution in [0.1, 0.15) is 27.2 Å². The standard InChI is InChI=1S/C15H17NO3/c1-10-12(9-16-14(10)15(17)18)6-3-11-4-7-13(19-2)8-5-11/h4-5,7-9,16H,3,6H2,1-2H3,(H,17,18). The van der Waals surface area contributed by atoms with E-state index < -0.39 is 5.97 Å². The predicted octanol–water partition coefficient (Wildman–Crippen LogP) is 2.82. The molecule has 4 nitrogen and oxygen atoms in total. The Bertz CT molecular complexity index is 570. The molecule has 0 aliphatic heterocycles. The molecular formula is C15H17NO3.